The van der Waals surface area contributed by atoms with Gasteiger partial charge in [0, 0.05) is 30.2 Å². The number of cyclic esters (lactones) is 1. The topological polar surface area (TPSA) is 89.5 Å². The number of aromatic nitrogens is 1. The average Bonchev–Trinajstić information content (AvgIpc) is 3.15. The van der Waals surface area contributed by atoms with Crippen LogP contribution in [0.4, 0.5) is 21.1 Å². The van der Waals surface area contributed by atoms with Crippen LogP contribution in [0.2, 0.25) is 0 Å². The van der Waals surface area contributed by atoms with Crippen molar-refractivity contribution in [1.29, 1.82) is 0 Å². The zero-order valence-corrected chi connectivity index (χ0v) is 17.7. The van der Waals surface area contributed by atoms with Crippen molar-refractivity contribution in [2.75, 3.05) is 22.9 Å². The highest BCUT2D eigenvalue weighted by molar-refractivity contribution is 5.90. The largest absolute Gasteiger partial charge is 0.443 e. The number of ether oxygens (including phenoxy) is 2. The second-order valence-electron chi connectivity index (χ2n) is 8.76. The summed E-state index contributed by atoms with van der Waals surface area (Å²) in [4.78, 5) is 31.7. The molecule has 1 aromatic carbocycles. The van der Waals surface area contributed by atoms with Crippen LogP contribution in [0.5, 0.6) is 0 Å². The van der Waals surface area contributed by atoms with E-state index in [0.717, 1.165) is 18.4 Å². The molecule has 0 N–H and O–H groups in total. The number of anilines is 2. The molecule has 0 spiro atoms. The van der Waals surface area contributed by atoms with Crippen molar-refractivity contribution in [1.82, 2.24) is 5.16 Å². The predicted molar refractivity (Wildman–Crippen MR) is 112 cm³/mol. The smallest absolute Gasteiger partial charge is 0.416 e. The Morgan fingerprint density at radius 1 is 1.32 bits per heavy atom. The van der Waals surface area contributed by atoms with E-state index in [1.807, 2.05) is 24.3 Å². The van der Waals surface area contributed by atoms with Crippen molar-refractivity contribution in [2.24, 2.45) is 0 Å². The maximum absolute atomic E-state index is 12.7. The van der Waals surface area contributed by atoms with Gasteiger partial charge in [-0.3, -0.25) is 9.80 Å². The molecule has 1 saturated carbocycles. The van der Waals surface area contributed by atoms with Crippen molar-refractivity contribution in [2.45, 2.75) is 50.9 Å². The van der Waals surface area contributed by atoms with E-state index in [0.29, 0.717) is 5.69 Å². The van der Waals surface area contributed by atoms with Crippen molar-refractivity contribution < 1.29 is 23.6 Å². The highest BCUT2D eigenvalue weighted by Gasteiger charge is 2.52. The lowest BCUT2D eigenvalue weighted by Crippen LogP contribution is -2.42. The molecule has 1 aliphatic carbocycles. The Labute approximate surface area is 180 Å². The quantitative estimate of drug-likeness (QED) is 0.663. The predicted octanol–water partition coefficient (Wildman–Crippen LogP) is 4.35. The highest BCUT2D eigenvalue weighted by atomic mass is 16.6. The third-order valence-electron chi connectivity index (χ3n) is 5.23. The van der Waals surface area contributed by atoms with Gasteiger partial charge in [-0.25, -0.2) is 16.2 Å². The molecule has 1 aromatic heterocycles. The van der Waals surface area contributed by atoms with Gasteiger partial charge < -0.3 is 18.8 Å². The van der Waals surface area contributed by atoms with Crippen LogP contribution < -0.4 is 9.80 Å². The van der Waals surface area contributed by atoms with Crippen LogP contribution >= 0.6 is 0 Å². The molecule has 1 unspecified atom stereocenters. The van der Waals surface area contributed by atoms with E-state index < -0.39 is 29.4 Å². The molecule has 2 amide bonds. The maximum atomic E-state index is 12.7. The minimum atomic E-state index is -0.691. The van der Waals surface area contributed by atoms with Gasteiger partial charge in [-0.05, 0) is 45.0 Å². The molecule has 0 bridgehead atoms. The summed E-state index contributed by atoms with van der Waals surface area (Å²) >= 11 is 0. The van der Waals surface area contributed by atoms with Gasteiger partial charge in [0.1, 0.15) is 18.0 Å². The Bertz CT molecular complexity index is 1000. The fraction of sp³-hybridized carbons (Fsp3) is 0.455. The summed E-state index contributed by atoms with van der Waals surface area (Å²) in [6.07, 6.45) is 1.42. The maximum Gasteiger partial charge on any atom is 0.416 e. The molecule has 2 aliphatic rings. The molecule has 2 heterocycles. The van der Waals surface area contributed by atoms with Gasteiger partial charge in [-0.2, -0.15) is 0 Å². The van der Waals surface area contributed by atoms with Gasteiger partial charge in [0.05, 0.1) is 13.1 Å². The summed E-state index contributed by atoms with van der Waals surface area (Å²) in [5, 5.41) is 3.82. The van der Waals surface area contributed by atoms with Crippen LogP contribution in [0.25, 0.3) is 4.85 Å². The molecule has 31 heavy (non-hydrogen) atoms. The normalized spacial score (nSPS) is 19.5. The monoisotopic (exact) mass is 424 g/mol. The van der Waals surface area contributed by atoms with Crippen molar-refractivity contribution in [3.05, 3.63) is 53.6 Å². The van der Waals surface area contributed by atoms with Crippen LogP contribution in [0.1, 0.15) is 39.2 Å². The zero-order chi connectivity index (χ0) is 22.2. The molecular formula is C22H24N4O5. The van der Waals surface area contributed by atoms with E-state index in [9.17, 15) is 9.59 Å². The SMILES string of the molecule is [C-]#[N+]C1(c2ccc(N3CC(CN(C(=O)OC(C)(C)C)c4ccon4)OC3=O)cc2)CC1. The van der Waals surface area contributed by atoms with Gasteiger partial charge >= 0.3 is 12.2 Å². The molecule has 1 aliphatic heterocycles. The van der Waals surface area contributed by atoms with Crippen LogP contribution in [0.3, 0.4) is 0 Å². The number of hydrogen-bond donors (Lipinski definition) is 0. The van der Waals surface area contributed by atoms with E-state index in [1.54, 1.807) is 26.8 Å². The van der Waals surface area contributed by atoms with E-state index in [1.165, 1.54) is 16.1 Å². The number of carbonyl (C=O) groups excluding carboxylic acids is 2. The first-order valence-corrected chi connectivity index (χ1v) is 10.1. The molecule has 162 valence electrons. The molecule has 0 radical (unpaired) electrons. The first kappa shape index (κ1) is 20.7. The minimum absolute atomic E-state index is 0.0720. The summed E-state index contributed by atoms with van der Waals surface area (Å²) in [6, 6.07) is 8.98. The van der Waals surface area contributed by atoms with Crippen molar-refractivity contribution in [3.8, 4) is 0 Å². The summed E-state index contributed by atoms with van der Waals surface area (Å²) in [5.41, 5.74) is 0.571. The molecule has 1 atom stereocenters. The third-order valence-corrected chi connectivity index (χ3v) is 5.23. The lowest BCUT2D eigenvalue weighted by molar-refractivity contribution is 0.0556. The van der Waals surface area contributed by atoms with E-state index in [-0.39, 0.29) is 18.9 Å². The number of carbonyl (C=O) groups is 2. The van der Waals surface area contributed by atoms with Crippen LogP contribution in [0, 0.1) is 6.57 Å². The molecular weight excluding hydrogens is 400 g/mol. The molecule has 2 fully saturated rings. The van der Waals surface area contributed by atoms with Crippen molar-refractivity contribution in [3.63, 3.8) is 0 Å². The van der Waals surface area contributed by atoms with Gasteiger partial charge in [0.25, 0.3) is 5.54 Å². The molecule has 9 nitrogen and oxygen atoms in total. The Morgan fingerprint density at radius 2 is 2.03 bits per heavy atom. The van der Waals surface area contributed by atoms with E-state index in [4.69, 9.17) is 20.6 Å². The standard InChI is InChI=1S/C22H24N4O5/c1-21(2,3)31-20(28)26(18-9-12-29-24-18)14-17-13-25(19(27)30-17)16-7-5-15(6-8-16)22(23-4)10-11-22/h5-9,12,17H,10-11,13-14H2,1-3H3. The Morgan fingerprint density at radius 3 is 2.58 bits per heavy atom. The third kappa shape index (κ3) is 4.33. The van der Waals surface area contributed by atoms with E-state index in [2.05, 4.69) is 10.0 Å². The number of hydrogen-bond acceptors (Lipinski definition) is 6. The fourth-order valence-corrected chi connectivity index (χ4v) is 3.49. The van der Waals surface area contributed by atoms with E-state index >= 15 is 0 Å². The lowest BCUT2D eigenvalue weighted by Gasteiger charge is -2.26. The number of amides is 2. The first-order chi connectivity index (χ1) is 14.7. The average molecular weight is 424 g/mol. The molecule has 9 heteroatoms. The highest BCUT2D eigenvalue weighted by Crippen LogP contribution is 2.49. The fourth-order valence-electron chi connectivity index (χ4n) is 3.49. The van der Waals surface area contributed by atoms with Gasteiger partial charge in [0.2, 0.25) is 0 Å². The van der Waals surface area contributed by atoms with Crippen LogP contribution in [-0.4, -0.2) is 42.1 Å². The first-order valence-electron chi connectivity index (χ1n) is 10.1. The number of rotatable bonds is 5. The summed E-state index contributed by atoms with van der Waals surface area (Å²) in [7, 11) is 0. The Hall–Kier alpha value is -3.54. The van der Waals surface area contributed by atoms with Crippen LogP contribution in [-0.2, 0) is 15.0 Å². The lowest BCUT2D eigenvalue weighted by atomic mass is 10.1. The second kappa shape index (κ2) is 7.61. The zero-order valence-electron chi connectivity index (χ0n) is 17.7. The van der Waals surface area contributed by atoms with Gasteiger partial charge in [-0.1, -0.05) is 5.16 Å². The molecule has 1 saturated heterocycles. The summed E-state index contributed by atoms with van der Waals surface area (Å²) in [6.45, 7) is 13.0. The molecule has 2 aromatic rings. The Kier molecular flexibility index (Phi) is 5.09. The van der Waals surface area contributed by atoms with Crippen molar-refractivity contribution >= 4 is 23.7 Å². The second-order valence-corrected chi connectivity index (χ2v) is 8.76. The summed E-state index contributed by atoms with van der Waals surface area (Å²) in [5.74, 6) is 0.280. The number of nitrogens with zero attached hydrogens (tertiary/aromatic N) is 4. The van der Waals surface area contributed by atoms with Gasteiger partial charge in [0.15, 0.2) is 5.82 Å². The molecule has 4 rings (SSSR count). The Balaban J connectivity index is 1.46. The minimum Gasteiger partial charge on any atom is -0.443 e. The van der Waals surface area contributed by atoms with Gasteiger partial charge in [-0.15, -0.1) is 0 Å². The van der Waals surface area contributed by atoms with Crippen LogP contribution in [0.15, 0.2) is 41.1 Å². The summed E-state index contributed by atoms with van der Waals surface area (Å²) < 4.78 is 15.8. The number of benzene rings is 1.